The van der Waals surface area contributed by atoms with Crippen LogP contribution < -0.4 is 10.6 Å². The Kier molecular flexibility index (Phi) is 6.08. The molecule has 2 amide bonds. The van der Waals surface area contributed by atoms with E-state index < -0.39 is 0 Å². The van der Waals surface area contributed by atoms with Crippen molar-refractivity contribution in [3.63, 3.8) is 0 Å². The number of aryl methyl sites for hydroxylation is 1. The predicted octanol–water partition coefficient (Wildman–Crippen LogP) is 5.25. The van der Waals surface area contributed by atoms with Crippen LogP contribution in [0.4, 0.5) is 5.82 Å². The van der Waals surface area contributed by atoms with Gasteiger partial charge in [0.2, 0.25) is 0 Å². The average molecular weight is 454 g/mol. The number of H-pyrrole nitrogens is 1. The van der Waals surface area contributed by atoms with Gasteiger partial charge < -0.3 is 15.6 Å². The third-order valence-electron chi connectivity index (χ3n) is 6.26. The van der Waals surface area contributed by atoms with E-state index in [9.17, 15) is 9.59 Å². The van der Waals surface area contributed by atoms with Crippen molar-refractivity contribution < 1.29 is 9.59 Å². The molecule has 2 aromatic heterocycles. The molecule has 0 unspecified atom stereocenters. The Bertz CT molecular complexity index is 1320. The van der Waals surface area contributed by atoms with Gasteiger partial charge in [0.05, 0.1) is 11.0 Å². The number of aromatic amines is 1. The number of hydrogen-bond donors (Lipinski definition) is 3. The summed E-state index contributed by atoms with van der Waals surface area (Å²) in [5.41, 5.74) is 4.63. The second-order valence-electron chi connectivity index (χ2n) is 8.88. The first kappa shape index (κ1) is 21.8. The number of aromatic nitrogens is 3. The molecule has 5 rings (SSSR count). The molecule has 1 aliphatic rings. The fourth-order valence-electron chi connectivity index (χ4n) is 4.31. The summed E-state index contributed by atoms with van der Waals surface area (Å²) in [5, 5.41) is 5.96. The molecule has 1 saturated carbocycles. The van der Waals surface area contributed by atoms with Gasteiger partial charge in [0.15, 0.2) is 0 Å². The number of carbonyl (C=O) groups is 2. The van der Waals surface area contributed by atoms with Gasteiger partial charge >= 0.3 is 0 Å². The van der Waals surface area contributed by atoms with Crippen LogP contribution in [0.3, 0.4) is 0 Å². The highest BCUT2D eigenvalue weighted by Crippen LogP contribution is 2.23. The summed E-state index contributed by atoms with van der Waals surface area (Å²) in [7, 11) is 0. The first-order valence-corrected chi connectivity index (χ1v) is 11.7. The Labute approximate surface area is 198 Å². The third-order valence-corrected chi connectivity index (χ3v) is 6.26. The topological polar surface area (TPSA) is 99.8 Å². The number of carbonyl (C=O) groups excluding carboxylic acids is 2. The van der Waals surface area contributed by atoms with Gasteiger partial charge in [0.1, 0.15) is 11.6 Å². The fraction of sp³-hybridized carbons (Fsp3) is 0.259. The zero-order valence-electron chi connectivity index (χ0n) is 19.1. The summed E-state index contributed by atoms with van der Waals surface area (Å²) in [6.07, 6.45) is 7.42. The molecule has 0 aliphatic heterocycles. The molecule has 0 radical (unpaired) electrons. The number of pyridine rings is 1. The maximum atomic E-state index is 12.7. The van der Waals surface area contributed by atoms with Crippen molar-refractivity contribution in [2.75, 3.05) is 5.32 Å². The van der Waals surface area contributed by atoms with Crippen molar-refractivity contribution >= 4 is 28.7 Å². The van der Waals surface area contributed by atoms with Gasteiger partial charge in [-0.1, -0.05) is 37.5 Å². The Hall–Kier alpha value is -4.00. The first-order chi connectivity index (χ1) is 16.5. The summed E-state index contributed by atoms with van der Waals surface area (Å²) in [5.74, 6) is 0.935. The van der Waals surface area contributed by atoms with Gasteiger partial charge in [0, 0.05) is 28.9 Å². The van der Waals surface area contributed by atoms with Gasteiger partial charge in [-0.3, -0.25) is 9.59 Å². The molecule has 34 heavy (non-hydrogen) atoms. The molecule has 0 bridgehead atoms. The minimum atomic E-state index is -0.221. The lowest BCUT2D eigenvalue weighted by Gasteiger charge is -2.22. The van der Waals surface area contributed by atoms with Crippen LogP contribution >= 0.6 is 0 Å². The van der Waals surface area contributed by atoms with Crippen LogP contribution in [0.25, 0.3) is 22.4 Å². The van der Waals surface area contributed by atoms with Crippen molar-refractivity contribution in [2.24, 2.45) is 0 Å². The van der Waals surface area contributed by atoms with Gasteiger partial charge in [0.25, 0.3) is 11.8 Å². The lowest BCUT2D eigenvalue weighted by molar-refractivity contribution is 0.0927. The maximum absolute atomic E-state index is 12.7. The maximum Gasteiger partial charge on any atom is 0.256 e. The minimum Gasteiger partial charge on any atom is -0.349 e. The van der Waals surface area contributed by atoms with Crippen LogP contribution in [0.1, 0.15) is 58.4 Å². The molecule has 1 aliphatic carbocycles. The van der Waals surface area contributed by atoms with Crippen molar-refractivity contribution in [3.05, 3.63) is 77.5 Å². The van der Waals surface area contributed by atoms with Crippen LogP contribution in [-0.4, -0.2) is 32.8 Å². The van der Waals surface area contributed by atoms with E-state index in [1.54, 1.807) is 24.4 Å². The highest BCUT2D eigenvalue weighted by molar-refractivity contribution is 6.04. The normalized spacial score (nSPS) is 14.1. The van der Waals surface area contributed by atoms with E-state index in [1.165, 1.54) is 19.3 Å². The summed E-state index contributed by atoms with van der Waals surface area (Å²) >= 11 is 0. The second-order valence-corrected chi connectivity index (χ2v) is 8.88. The molecule has 3 N–H and O–H groups in total. The summed E-state index contributed by atoms with van der Waals surface area (Å²) in [4.78, 5) is 37.4. The van der Waals surface area contributed by atoms with E-state index >= 15 is 0 Å². The van der Waals surface area contributed by atoms with Gasteiger partial charge in [-0.25, -0.2) is 9.97 Å². The van der Waals surface area contributed by atoms with Crippen LogP contribution in [0, 0.1) is 6.92 Å². The number of imidazole rings is 1. The molecule has 0 saturated heterocycles. The highest BCUT2D eigenvalue weighted by atomic mass is 16.2. The van der Waals surface area contributed by atoms with E-state index in [-0.39, 0.29) is 17.9 Å². The molecule has 2 aromatic carbocycles. The molecule has 1 fully saturated rings. The van der Waals surface area contributed by atoms with E-state index in [4.69, 9.17) is 0 Å². The minimum absolute atomic E-state index is 0.0446. The number of rotatable bonds is 5. The van der Waals surface area contributed by atoms with Crippen molar-refractivity contribution in [2.45, 2.75) is 45.1 Å². The molecule has 7 heteroatoms. The Morgan fingerprint density at radius 3 is 2.41 bits per heavy atom. The molecule has 0 atom stereocenters. The van der Waals surface area contributed by atoms with Gasteiger partial charge in [-0.2, -0.15) is 0 Å². The van der Waals surface area contributed by atoms with Crippen molar-refractivity contribution in [3.8, 4) is 11.4 Å². The molecular formula is C27H27N5O2. The van der Waals surface area contributed by atoms with Gasteiger partial charge in [-0.05, 0) is 61.7 Å². The number of anilines is 1. The molecule has 2 heterocycles. The van der Waals surface area contributed by atoms with Crippen molar-refractivity contribution in [1.82, 2.24) is 20.3 Å². The van der Waals surface area contributed by atoms with E-state index in [2.05, 4.69) is 25.6 Å². The van der Waals surface area contributed by atoms with Crippen LogP contribution in [0.5, 0.6) is 0 Å². The molecular weight excluding hydrogens is 426 g/mol. The monoisotopic (exact) mass is 453 g/mol. The highest BCUT2D eigenvalue weighted by Gasteiger charge is 2.17. The number of nitrogens with one attached hydrogen (secondary N) is 3. The molecule has 7 nitrogen and oxygen atoms in total. The molecule has 4 aromatic rings. The molecule has 172 valence electrons. The molecule has 0 spiro atoms. The summed E-state index contributed by atoms with van der Waals surface area (Å²) in [6.45, 7) is 1.95. The Morgan fingerprint density at radius 2 is 1.68 bits per heavy atom. The summed E-state index contributed by atoms with van der Waals surface area (Å²) < 4.78 is 0. The number of hydrogen-bond acceptors (Lipinski definition) is 4. The smallest absolute Gasteiger partial charge is 0.256 e. The quantitative estimate of drug-likeness (QED) is 0.384. The van der Waals surface area contributed by atoms with Crippen LogP contribution in [0.15, 0.2) is 60.8 Å². The third kappa shape index (κ3) is 4.83. The predicted molar refractivity (Wildman–Crippen MR) is 133 cm³/mol. The largest absolute Gasteiger partial charge is 0.349 e. The van der Waals surface area contributed by atoms with Crippen LogP contribution in [0.2, 0.25) is 0 Å². The lowest BCUT2D eigenvalue weighted by atomic mass is 9.95. The zero-order chi connectivity index (χ0) is 23.5. The fourth-order valence-corrected chi connectivity index (χ4v) is 4.31. The van der Waals surface area contributed by atoms with E-state index in [0.717, 1.165) is 35.0 Å². The van der Waals surface area contributed by atoms with E-state index in [1.807, 2.05) is 43.3 Å². The van der Waals surface area contributed by atoms with Gasteiger partial charge in [-0.15, -0.1) is 0 Å². The first-order valence-electron chi connectivity index (χ1n) is 11.7. The zero-order valence-corrected chi connectivity index (χ0v) is 19.1. The number of amides is 2. The van der Waals surface area contributed by atoms with Crippen molar-refractivity contribution in [1.29, 1.82) is 0 Å². The number of benzene rings is 2. The van der Waals surface area contributed by atoms with E-state index in [0.29, 0.717) is 22.8 Å². The number of fused-ring (bicyclic) bond motifs is 1. The summed E-state index contributed by atoms with van der Waals surface area (Å²) in [6, 6.07) is 16.7. The Balaban J connectivity index is 1.29. The lowest BCUT2D eigenvalue weighted by Crippen LogP contribution is -2.36. The van der Waals surface area contributed by atoms with Crippen LogP contribution in [-0.2, 0) is 0 Å². The standard InChI is InChI=1S/C27H27N5O2/c1-17-7-14-24(28-16-17)32-26(33)19-10-8-18(9-11-19)25-30-22-13-12-20(15-23(22)31-25)27(34)29-21-5-3-2-4-6-21/h7-16,21H,2-6H2,1H3,(H,29,34)(H,30,31)(H,28,32,33). The Morgan fingerprint density at radius 1 is 0.912 bits per heavy atom. The number of nitrogens with zero attached hydrogens (tertiary/aromatic N) is 2. The average Bonchev–Trinajstić information content (AvgIpc) is 3.30. The second kappa shape index (κ2) is 9.47. The SMILES string of the molecule is Cc1ccc(NC(=O)c2ccc(-c3nc4cc(C(=O)NC5CCCCC5)ccc4[nH]3)cc2)nc1.